The highest BCUT2D eigenvalue weighted by Crippen LogP contribution is 2.28. The fraction of sp³-hybridized carbons (Fsp3) is 0.529. The first-order valence-corrected chi connectivity index (χ1v) is 8.23. The van der Waals surface area contributed by atoms with E-state index in [0.29, 0.717) is 36.1 Å². The lowest BCUT2D eigenvalue weighted by Crippen LogP contribution is -2.27. The highest BCUT2D eigenvalue weighted by molar-refractivity contribution is 5.98. The van der Waals surface area contributed by atoms with Crippen LogP contribution in [0.3, 0.4) is 0 Å². The van der Waals surface area contributed by atoms with Crippen molar-refractivity contribution in [2.75, 3.05) is 44.9 Å². The van der Waals surface area contributed by atoms with Crippen LogP contribution in [-0.2, 0) is 14.3 Å². The van der Waals surface area contributed by atoms with Crippen LogP contribution in [0.15, 0.2) is 18.2 Å². The zero-order valence-electron chi connectivity index (χ0n) is 13.5. The van der Waals surface area contributed by atoms with Gasteiger partial charge in [0.25, 0.3) is 11.8 Å². The van der Waals surface area contributed by atoms with Crippen molar-refractivity contribution in [1.82, 2.24) is 5.32 Å². The van der Waals surface area contributed by atoms with E-state index in [0.717, 1.165) is 32.7 Å². The third kappa shape index (κ3) is 4.46. The molecular weight excluding hydrogens is 312 g/mol. The topological polar surface area (TPSA) is 85.9 Å². The molecule has 2 heterocycles. The number of ether oxygens (including phenoxy) is 3. The van der Waals surface area contributed by atoms with Crippen LogP contribution in [0.25, 0.3) is 0 Å². The second-order valence-corrected chi connectivity index (χ2v) is 5.96. The van der Waals surface area contributed by atoms with Gasteiger partial charge in [0.15, 0.2) is 6.61 Å². The maximum Gasteiger partial charge on any atom is 0.262 e. The van der Waals surface area contributed by atoms with Crippen LogP contribution < -0.4 is 15.4 Å². The van der Waals surface area contributed by atoms with Crippen LogP contribution >= 0.6 is 0 Å². The second kappa shape index (κ2) is 8.12. The van der Waals surface area contributed by atoms with Crippen LogP contribution in [0.4, 0.5) is 5.69 Å². The van der Waals surface area contributed by atoms with E-state index in [2.05, 4.69) is 10.6 Å². The average molecular weight is 334 g/mol. The molecular formula is C17H22N2O5. The van der Waals surface area contributed by atoms with Crippen LogP contribution in [0.2, 0.25) is 0 Å². The number of fused-ring (bicyclic) bond motifs is 1. The Bertz CT molecular complexity index is 599. The van der Waals surface area contributed by atoms with E-state index in [4.69, 9.17) is 14.2 Å². The Morgan fingerprint density at radius 1 is 1.42 bits per heavy atom. The van der Waals surface area contributed by atoms with Crippen LogP contribution in [0, 0.1) is 5.92 Å². The molecule has 0 aliphatic carbocycles. The molecule has 1 fully saturated rings. The summed E-state index contributed by atoms with van der Waals surface area (Å²) < 4.78 is 16.2. The molecule has 0 unspecified atom stereocenters. The smallest absolute Gasteiger partial charge is 0.262 e. The molecule has 1 aromatic rings. The molecule has 0 aromatic heterocycles. The molecule has 0 bridgehead atoms. The first-order valence-electron chi connectivity index (χ1n) is 8.23. The molecule has 2 aliphatic rings. The Labute approximate surface area is 140 Å². The predicted octanol–water partition coefficient (Wildman–Crippen LogP) is 1.19. The van der Waals surface area contributed by atoms with Crippen molar-refractivity contribution < 1.29 is 23.8 Å². The molecule has 0 spiro atoms. The first-order chi connectivity index (χ1) is 11.7. The van der Waals surface area contributed by atoms with Crippen molar-refractivity contribution in [3.8, 4) is 5.75 Å². The Morgan fingerprint density at radius 2 is 2.33 bits per heavy atom. The van der Waals surface area contributed by atoms with E-state index in [1.165, 1.54) is 0 Å². The van der Waals surface area contributed by atoms with Gasteiger partial charge < -0.3 is 24.8 Å². The van der Waals surface area contributed by atoms with E-state index in [1.807, 2.05) is 0 Å². The molecule has 1 saturated heterocycles. The minimum atomic E-state index is -0.191. The highest BCUT2D eigenvalue weighted by Gasteiger charge is 2.18. The standard InChI is InChI=1S/C17H22N2O5/c20-16-11-24-15-8-13(2-3-14(15)19-16)17(21)18-5-1-6-22-9-12-4-7-23-10-12/h2-3,8,12H,1,4-7,9-11H2,(H,18,21)(H,19,20)/t12-/m1/s1. The number of nitrogens with one attached hydrogen (secondary N) is 2. The first kappa shape index (κ1) is 16.7. The Kier molecular flexibility index (Phi) is 5.66. The Hall–Kier alpha value is -2.12. The van der Waals surface area contributed by atoms with Crippen LogP contribution in [-0.4, -0.2) is 51.4 Å². The van der Waals surface area contributed by atoms with Gasteiger partial charge in [0.2, 0.25) is 0 Å². The molecule has 3 rings (SSSR count). The quantitative estimate of drug-likeness (QED) is 0.732. The minimum Gasteiger partial charge on any atom is -0.482 e. The van der Waals surface area contributed by atoms with Gasteiger partial charge in [0.1, 0.15) is 5.75 Å². The summed E-state index contributed by atoms with van der Waals surface area (Å²) in [6.07, 6.45) is 1.83. The monoisotopic (exact) mass is 334 g/mol. The van der Waals surface area contributed by atoms with E-state index in [9.17, 15) is 9.59 Å². The minimum absolute atomic E-state index is 0.0263. The predicted molar refractivity (Wildman–Crippen MR) is 87.3 cm³/mol. The van der Waals surface area contributed by atoms with Crippen LogP contribution in [0.5, 0.6) is 5.75 Å². The van der Waals surface area contributed by atoms with Gasteiger partial charge in [-0.05, 0) is 31.0 Å². The van der Waals surface area contributed by atoms with Crippen molar-refractivity contribution in [2.24, 2.45) is 5.92 Å². The zero-order valence-corrected chi connectivity index (χ0v) is 13.5. The molecule has 0 saturated carbocycles. The van der Waals surface area contributed by atoms with Crippen molar-refractivity contribution in [3.63, 3.8) is 0 Å². The van der Waals surface area contributed by atoms with Crippen molar-refractivity contribution >= 4 is 17.5 Å². The maximum atomic E-state index is 12.1. The van der Waals surface area contributed by atoms with Crippen molar-refractivity contribution in [2.45, 2.75) is 12.8 Å². The summed E-state index contributed by atoms with van der Waals surface area (Å²) in [6.45, 7) is 3.49. The lowest BCUT2D eigenvalue weighted by Gasteiger charge is -2.18. The van der Waals surface area contributed by atoms with Crippen LogP contribution in [0.1, 0.15) is 23.2 Å². The molecule has 1 aromatic carbocycles. The number of benzene rings is 1. The van der Waals surface area contributed by atoms with Gasteiger partial charge in [-0.2, -0.15) is 0 Å². The lowest BCUT2D eigenvalue weighted by atomic mass is 10.1. The molecule has 7 heteroatoms. The third-order valence-electron chi connectivity index (χ3n) is 4.01. The number of amides is 2. The summed E-state index contributed by atoms with van der Waals surface area (Å²) in [4.78, 5) is 23.3. The molecule has 2 amide bonds. The number of anilines is 1. The molecule has 2 aliphatic heterocycles. The average Bonchev–Trinajstić information content (AvgIpc) is 3.10. The zero-order chi connectivity index (χ0) is 16.8. The fourth-order valence-corrected chi connectivity index (χ4v) is 2.66. The summed E-state index contributed by atoms with van der Waals surface area (Å²) in [5.41, 5.74) is 1.10. The molecule has 24 heavy (non-hydrogen) atoms. The lowest BCUT2D eigenvalue weighted by molar-refractivity contribution is -0.118. The van der Waals surface area contributed by atoms with Gasteiger partial charge in [-0.3, -0.25) is 9.59 Å². The van der Waals surface area contributed by atoms with E-state index >= 15 is 0 Å². The third-order valence-corrected chi connectivity index (χ3v) is 4.01. The summed E-state index contributed by atoms with van der Waals surface area (Å²) >= 11 is 0. The van der Waals surface area contributed by atoms with Gasteiger partial charge in [-0.1, -0.05) is 0 Å². The normalized spacial score (nSPS) is 19.3. The number of hydrogen-bond acceptors (Lipinski definition) is 5. The van der Waals surface area contributed by atoms with Gasteiger partial charge >= 0.3 is 0 Å². The molecule has 130 valence electrons. The summed E-state index contributed by atoms with van der Waals surface area (Å²) in [5, 5.41) is 5.55. The van der Waals surface area contributed by atoms with Crippen molar-refractivity contribution in [1.29, 1.82) is 0 Å². The summed E-state index contributed by atoms with van der Waals surface area (Å²) in [7, 11) is 0. The van der Waals surface area contributed by atoms with Gasteiger partial charge in [-0.25, -0.2) is 0 Å². The van der Waals surface area contributed by atoms with Gasteiger partial charge in [-0.15, -0.1) is 0 Å². The Morgan fingerprint density at radius 3 is 3.17 bits per heavy atom. The molecule has 2 N–H and O–H groups in total. The van der Waals surface area contributed by atoms with Gasteiger partial charge in [0.05, 0.1) is 18.9 Å². The Balaban J connectivity index is 1.36. The van der Waals surface area contributed by atoms with E-state index in [1.54, 1.807) is 18.2 Å². The number of carbonyl (C=O) groups excluding carboxylic acids is 2. The SMILES string of the molecule is O=C1COc2cc(C(=O)NCCCOC[C@H]3CCOC3)ccc2N1. The summed E-state index contributed by atoms with van der Waals surface area (Å²) in [5.74, 6) is 0.673. The number of hydrogen-bond donors (Lipinski definition) is 2. The molecule has 7 nitrogen and oxygen atoms in total. The van der Waals surface area contributed by atoms with E-state index in [-0.39, 0.29) is 18.4 Å². The molecule has 0 radical (unpaired) electrons. The largest absolute Gasteiger partial charge is 0.482 e. The van der Waals surface area contributed by atoms with Gasteiger partial charge in [0, 0.05) is 31.2 Å². The number of carbonyl (C=O) groups is 2. The molecule has 1 atom stereocenters. The van der Waals surface area contributed by atoms with E-state index < -0.39 is 0 Å². The number of rotatable bonds is 7. The highest BCUT2D eigenvalue weighted by atomic mass is 16.5. The summed E-state index contributed by atoms with van der Waals surface area (Å²) in [6, 6.07) is 4.98. The second-order valence-electron chi connectivity index (χ2n) is 5.96. The van der Waals surface area contributed by atoms with Crippen molar-refractivity contribution in [3.05, 3.63) is 23.8 Å². The fourth-order valence-electron chi connectivity index (χ4n) is 2.66. The maximum absolute atomic E-state index is 12.1.